The van der Waals surface area contributed by atoms with Crippen LogP contribution in [0.25, 0.3) is 0 Å². The van der Waals surface area contributed by atoms with Gasteiger partial charge in [-0.05, 0) is 45.5 Å². The molecule has 39 heavy (non-hydrogen) atoms. The zero-order valence-corrected chi connectivity index (χ0v) is 26.8. The van der Waals surface area contributed by atoms with Gasteiger partial charge >= 0.3 is 5.97 Å². The fraction of sp³-hybridized carbons (Fsp3) is 0.800. The number of aryl methyl sites for hydroxylation is 1. The molecule has 0 aliphatic carbocycles. The summed E-state index contributed by atoms with van der Waals surface area (Å²) in [6.45, 7) is 15.4. The Morgan fingerprint density at radius 1 is 0.667 bits per heavy atom. The van der Waals surface area contributed by atoms with Crippen molar-refractivity contribution in [1.29, 1.82) is 0 Å². The second-order valence-corrected chi connectivity index (χ2v) is 13.7. The molecule has 0 fully saturated rings. The molecule has 0 saturated heterocycles. The van der Waals surface area contributed by atoms with Crippen LogP contribution in [0.3, 0.4) is 0 Å². The van der Waals surface area contributed by atoms with Crippen molar-refractivity contribution in [1.82, 2.24) is 0 Å². The average molecular weight is 544 g/mol. The Morgan fingerprint density at radius 3 is 1.41 bits per heavy atom. The molecule has 0 aliphatic rings. The van der Waals surface area contributed by atoms with Crippen molar-refractivity contribution in [3.63, 3.8) is 0 Å². The molecule has 0 bridgehead atoms. The molecular weight excluding hydrogens is 482 g/mol. The molecule has 1 rings (SSSR count). The van der Waals surface area contributed by atoms with Gasteiger partial charge in [-0.15, -0.1) is 4.91 Å². The van der Waals surface area contributed by atoms with Crippen molar-refractivity contribution in [2.75, 3.05) is 6.61 Å². The van der Waals surface area contributed by atoms with Crippen molar-refractivity contribution in [3.05, 3.63) is 33.7 Å². The van der Waals surface area contributed by atoms with E-state index in [9.17, 15) is 9.70 Å². The predicted octanol–water partition coefficient (Wildman–Crippen LogP) is 11.4. The largest absolute Gasteiger partial charge is 0.466 e. The van der Waals surface area contributed by atoms with Crippen molar-refractivity contribution in [2.45, 2.75) is 175 Å². The molecule has 0 saturated carbocycles. The van der Waals surface area contributed by atoms with Crippen LogP contribution in [0.5, 0.6) is 0 Å². The highest BCUT2D eigenvalue weighted by Gasteiger charge is 2.27. The Labute approximate surface area is 241 Å². The summed E-state index contributed by atoms with van der Waals surface area (Å²) in [6, 6.07) is 4.10. The van der Waals surface area contributed by atoms with Crippen LogP contribution < -0.4 is 0 Å². The number of carbonyl (C=O) groups excluding carboxylic acids is 1. The number of unbranched alkanes of at least 4 members (excludes halogenated alkanes) is 15. The number of nitrogens with zero attached hydrogens (tertiary/aromatic N) is 1. The van der Waals surface area contributed by atoms with E-state index >= 15 is 0 Å². The van der Waals surface area contributed by atoms with Crippen molar-refractivity contribution in [3.8, 4) is 0 Å². The maximum absolute atomic E-state index is 12.4. The first kappa shape index (κ1) is 35.3. The summed E-state index contributed by atoms with van der Waals surface area (Å²) in [4.78, 5) is 24.1. The van der Waals surface area contributed by atoms with E-state index in [-0.39, 0.29) is 16.8 Å². The molecule has 0 aliphatic heterocycles. The summed E-state index contributed by atoms with van der Waals surface area (Å²) >= 11 is 0. The molecular formula is C35H61NO3. The maximum Gasteiger partial charge on any atom is 0.306 e. The van der Waals surface area contributed by atoms with E-state index in [1.807, 2.05) is 0 Å². The third-order valence-corrected chi connectivity index (χ3v) is 7.76. The van der Waals surface area contributed by atoms with Gasteiger partial charge < -0.3 is 4.74 Å². The third-order valence-electron chi connectivity index (χ3n) is 7.76. The SMILES string of the molecule is CCCCCCCCCCCCCCCCCCOC(=O)CCc1cc(C(C)(C)C)c(N=O)c(C(C)(C)C)c1. The normalized spacial score (nSPS) is 12.1. The summed E-state index contributed by atoms with van der Waals surface area (Å²) in [6.07, 6.45) is 22.4. The molecule has 0 radical (unpaired) electrons. The second-order valence-electron chi connectivity index (χ2n) is 13.7. The molecule has 0 heterocycles. The summed E-state index contributed by atoms with van der Waals surface area (Å²) < 4.78 is 5.52. The van der Waals surface area contributed by atoms with Crippen molar-refractivity contribution < 1.29 is 9.53 Å². The van der Waals surface area contributed by atoms with Crippen LogP contribution in [0.1, 0.15) is 174 Å². The monoisotopic (exact) mass is 543 g/mol. The molecule has 224 valence electrons. The fourth-order valence-electron chi connectivity index (χ4n) is 5.24. The minimum absolute atomic E-state index is 0.136. The number of hydrogen-bond acceptors (Lipinski definition) is 4. The molecule has 0 aromatic heterocycles. The maximum atomic E-state index is 12.4. The lowest BCUT2D eigenvalue weighted by Crippen LogP contribution is -2.18. The first-order chi connectivity index (χ1) is 18.5. The van der Waals surface area contributed by atoms with Gasteiger partial charge in [0, 0.05) is 6.42 Å². The first-order valence-corrected chi connectivity index (χ1v) is 16.2. The van der Waals surface area contributed by atoms with Crippen molar-refractivity contribution >= 4 is 11.7 Å². The van der Waals surface area contributed by atoms with E-state index in [0.717, 1.165) is 29.5 Å². The van der Waals surface area contributed by atoms with Gasteiger partial charge in [-0.1, -0.05) is 157 Å². The molecule has 1 aromatic rings. The van der Waals surface area contributed by atoms with E-state index in [4.69, 9.17) is 4.74 Å². The third kappa shape index (κ3) is 15.6. The fourth-order valence-corrected chi connectivity index (χ4v) is 5.24. The smallest absolute Gasteiger partial charge is 0.306 e. The van der Waals surface area contributed by atoms with Crippen LogP contribution in [-0.2, 0) is 26.8 Å². The standard InChI is InChI=1S/C35H61NO3/c1-8-9-10-11-12-13-14-15-16-17-18-19-20-21-22-23-26-39-32(37)25-24-29-27-30(34(2,3)4)33(36-38)31(28-29)35(5,6)7/h27-28H,8-26H2,1-7H3. The van der Waals surface area contributed by atoms with E-state index < -0.39 is 0 Å². The minimum atomic E-state index is -0.201. The molecule has 1 aromatic carbocycles. The zero-order chi connectivity index (χ0) is 29.2. The summed E-state index contributed by atoms with van der Waals surface area (Å²) in [5.41, 5.74) is 3.10. The van der Waals surface area contributed by atoms with Crippen LogP contribution >= 0.6 is 0 Å². The van der Waals surface area contributed by atoms with Crippen molar-refractivity contribution in [2.24, 2.45) is 5.18 Å². The van der Waals surface area contributed by atoms with Gasteiger partial charge in [-0.3, -0.25) is 4.79 Å². The van der Waals surface area contributed by atoms with E-state index in [2.05, 4.69) is 65.8 Å². The number of hydrogen-bond donors (Lipinski definition) is 0. The highest BCUT2D eigenvalue weighted by molar-refractivity contribution is 5.70. The Morgan fingerprint density at radius 2 is 1.05 bits per heavy atom. The Hall–Kier alpha value is -1.71. The van der Waals surface area contributed by atoms with Gasteiger partial charge in [-0.25, -0.2) is 0 Å². The summed E-state index contributed by atoms with van der Waals surface area (Å²) in [5.74, 6) is -0.136. The average Bonchev–Trinajstić information content (AvgIpc) is 2.87. The molecule has 0 spiro atoms. The molecule has 0 N–H and O–H groups in total. The van der Waals surface area contributed by atoms with Crippen LogP contribution in [-0.4, -0.2) is 12.6 Å². The molecule has 0 amide bonds. The van der Waals surface area contributed by atoms with Crippen LogP contribution in [0.15, 0.2) is 17.3 Å². The van der Waals surface area contributed by atoms with Gasteiger partial charge in [0.15, 0.2) is 0 Å². The van der Waals surface area contributed by atoms with Gasteiger partial charge in [0.2, 0.25) is 0 Å². The summed E-state index contributed by atoms with van der Waals surface area (Å²) in [7, 11) is 0. The van der Waals surface area contributed by atoms with Gasteiger partial charge in [-0.2, -0.15) is 0 Å². The Bertz CT molecular complexity index is 781. The first-order valence-electron chi connectivity index (χ1n) is 16.2. The van der Waals surface area contributed by atoms with E-state index in [1.165, 1.54) is 89.9 Å². The number of ether oxygens (including phenoxy) is 1. The zero-order valence-electron chi connectivity index (χ0n) is 26.8. The summed E-state index contributed by atoms with van der Waals surface area (Å²) in [5, 5.41) is 3.41. The van der Waals surface area contributed by atoms with Crippen LogP contribution in [0.4, 0.5) is 5.69 Å². The van der Waals surface area contributed by atoms with Gasteiger partial charge in [0.05, 0.1) is 6.61 Å². The molecule has 0 unspecified atom stereocenters. The number of carbonyl (C=O) groups is 1. The quantitative estimate of drug-likeness (QED) is 0.0880. The minimum Gasteiger partial charge on any atom is -0.466 e. The lowest BCUT2D eigenvalue weighted by atomic mass is 9.77. The Balaban J connectivity index is 2.19. The van der Waals surface area contributed by atoms with Crippen LogP contribution in [0.2, 0.25) is 0 Å². The predicted molar refractivity (Wildman–Crippen MR) is 168 cm³/mol. The van der Waals surface area contributed by atoms with Gasteiger partial charge in [0.1, 0.15) is 5.69 Å². The lowest BCUT2D eigenvalue weighted by Gasteiger charge is -2.28. The van der Waals surface area contributed by atoms with E-state index in [0.29, 0.717) is 25.1 Å². The van der Waals surface area contributed by atoms with E-state index in [1.54, 1.807) is 0 Å². The van der Waals surface area contributed by atoms with Crippen LogP contribution in [0, 0.1) is 4.91 Å². The Kier molecular flexibility index (Phi) is 17.6. The number of esters is 1. The second kappa shape index (κ2) is 19.4. The molecule has 0 atom stereocenters. The number of nitroso groups, excluding NO2 is 1. The highest BCUT2D eigenvalue weighted by atomic mass is 16.5. The van der Waals surface area contributed by atoms with Gasteiger partial charge in [0.25, 0.3) is 0 Å². The number of benzene rings is 1. The number of rotatable bonds is 21. The topological polar surface area (TPSA) is 55.7 Å². The molecule has 4 nitrogen and oxygen atoms in total. The highest BCUT2D eigenvalue weighted by Crippen LogP contribution is 2.40. The lowest BCUT2D eigenvalue weighted by molar-refractivity contribution is -0.143. The molecule has 4 heteroatoms.